The second-order valence-corrected chi connectivity index (χ2v) is 11.5. The molecule has 0 saturated carbocycles. The molecule has 0 radical (unpaired) electrons. The van der Waals surface area contributed by atoms with E-state index in [1.807, 2.05) is 12.3 Å². The predicted octanol–water partition coefficient (Wildman–Crippen LogP) is 2.34. The molecular weight excluding hydrogens is 408 g/mol. The molecule has 1 fully saturated rings. The normalized spacial score (nSPS) is 25.2. The van der Waals surface area contributed by atoms with E-state index in [-0.39, 0.29) is 11.5 Å². The van der Waals surface area contributed by atoms with Gasteiger partial charge in [-0.05, 0) is 61.6 Å². The highest BCUT2D eigenvalue weighted by atomic mass is 32.2. The zero-order valence-corrected chi connectivity index (χ0v) is 19.1. The third-order valence-corrected chi connectivity index (χ3v) is 8.78. The van der Waals surface area contributed by atoms with Crippen LogP contribution in [0.4, 0.5) is 5.69 Å². The van der Waals surface area contributed by atoms with Crippen molar-refractivity contribution in [1.29, 1.82) is 0 Å². The summed E-state index contributed by atoms with van der Waals surface area (Å²) < 4.78 is 23.8. The summed E-state index contributed by atoms with van der Waals surface area (Å²) in [5.74, 6) is 0.518. The number of nitrogens with one attached hydrogen (secondary N) is 1. The van der Waals surface area contributed by atoms with Crippen molar-refractivity contribution in [3.63, 3.8) is 0 Å². The van der Waals surface area contributed by atoms with Gasteiger partial charge in [-0.15, -0.1) is 0 Å². The van der Waals surface area contributed by atoms with Gasteiger partial charge in [-0.2, -0.15) is 0 Å². The van der Waals surface area contributed by atoms with Crippen LogP contribution in [0.3, 0.4) is 0 Å². The molecule has 31 heavy (non-hydrogen) atoms. The van der Waals surface area contributed by atoms with E-state index in [1.165, 1.54) is 34.5 Å². The summed E-state index contributed by atoms with van der Waals surface area (Å²) in [4.78, 5) is 9.47. The van der Waals surface area contributed by atoms with Gasteiger partial charge in [0.05, 0.1) is 23.2 Å². The maximum atomic E-state index is 11.9. The fourth-order valence-electron chi connectivity index (χ4n) is 5.46. The van der Waals surface area contributed by atoms with Crippen LogP contribution in [0.1, 0.15) is 41.3 Å². The first kappa shape index (κ1) is 20.9. The lowest BCUT2D eigenvalue weighted by Crippen LogP contribution is -2.46. The lowest BCUT2D eigenvalue weighted by molar-refractivity contribution is 0.191. The Morgan fingerprint density at radius 3 is 2.81 bits per heavy atom. The number of rotatable bonds is 4. The summed E-state index contributed by atoms with van der Waals surface area (Å²) in [7, 11) is -0.646. The van der Waals surface area contributed by atoms with Gasteiger partial charge in [-0.3, -0.25) is 9.88 Å². The Morgan fingerprint density at radius 2 is 1.97 bits per heavy atom. The molecule has 0 bridgehead atoms. The highest BCUT2D eigenvalue weighted by molar-refractivity contribution is 7.91. The van der Waals surface area contributed by atoms with Crippen molar-refractivity contribution in [2.45, 2.75) is 44.3 Å². The van der Waals surface area contributed by atoms with Crippen LogP contribution in [0.15, 0.2) is 36.5 Å². The van der Waals surface area contributed by atoms with Gasteiger partial charge >= 0.3 is 0 Å². The molecule has 1 saturated heterocycles. The smallest absolute Gasteiger partial charge is 0.153 e. The molecule has 2 atom stereocenters. The number of sulfone groups is 1. The first-order valence-corrected chi connectivity index (χ1v) is 13.3. The van der Waals surface area contributed by atoms with Gasteiger partial charge in [0.1, 0.15) is 0 Å². The van der Waals surface area contributed by atoms with Gasteiger partial charge in [0.15, 0.2) is 9.84 Å². The van der Waals surface area contributed by atoms with E-state index >= 15 is 0 Å². The average Bonchev–Trinajstić information content (AvgIpc) is 2.78. The molecule has 3 aliphatic rings. The Kier molecular flexibility index (Phi) is 5.75. The third-order valence-electron chi connectivity index (χ3n) is 7.17. The first-order valence-electron chi connectivity index (χ1n) is 11.4. The van der Waals surface area contributed by atoms with Gasteiger partial charge in [-0.25, -0.2) is 8.42 Å². The summed E-state index contributed by atoms with van der Waals surface area (Å²) in [6.45, 7) is 3.04. The Labute approximate surface area is 185 Å². The largest absolute Gasteiger partial charge is 0.369 e. The predicted molar refractivity (Wildman–Crippen MR) is 124 cm³/mol. The summed E-state index contributed by atoms with van der Waals surface area (Å²) in [6, 6.07) is 11.5. The number of benzene rings is 1. The molecule has 1 aromatic carbocycles. The summed E-state index contributed by atoms with van der Waals surface area (Å²) in [6.07, 6.45) is 6.41. The van der Waals surface area contributed by atoms with Crippen LogP contribution < -0.4 is 10.2 Å². The van der Waals surface area contributed by atoms with Crippen molar-refractivity contribution in [3.8, 4) is 0 Å². The topological polar surface area (TPSA) is 65.5 Å². The van der Waals surface area contributed by atoms with Crippen molar-refractivity contribution in [2.75, 3.05) is 43.1 Å². The van der Waals surface area contributed by atoms with Crippen LogP contribution in [-0.2, 0) is 29.2 Å². The van der Waals surface area contributed by atoms with Crippen LogP contribution in [0.25, 0.3) is 0 Å². The zero-order valence-electron chi connectivity index (χ0n) is 18.3. The molecule has 0 spiro atoms. The minimum Gasteiger partial charge on any atom is -0.369 e. The second-order valence-electron chi connectivity index (χ2n) is 9.23. The molecule has 3 heterocycles. The van der Waals surface area contributed by atoms with Gasteiger partial charge in [0, 0.05) is 44.1 Å². The Morgan fingerprint density at radius 1 is 1.16 bits per heavy atom. The average molecular weight is 441 g/mol. The number of nitrogens with zero attached hydrogens (tertiary/aromatic N) is 3. The molecular formula is C24H32N4O2S. The quantitative estimate of drug-likeness (QED) is 0.787. The SMILES string of the molecule is CN(C[C@@H]1Cc2c(cccc2N2CCS(=O)(=O)CC2)CN1)[C@H]1CCCc2cccnc21. The molecule has 0 unspecified atom stereocenters. The maximum absolute atomic E-state index is 11.9. The van der Waals surface area contributed by atoms with E-state index in [0.717, 1.165) is 32.4 Å². The van der Waals surface area contributed by atoms with Crippen LogP contribution in [0, 0.1) is 0 Å². The van der Waals surface area contributed by atoms with E-state index in [4.69, 9.17) is 4.98 Å². The van der Waals surface area contributed by atoms with Crippen molar-refractivity contribution < 1.29 is 8.42 Å². The van der Waals surface area contributed by atoms with Gasteiger partial charge in [0.2, 0.25) is 0 Å². The highest BCUT2D eigenvalue weighted by Gasteiger charge is 2.30. The minimum absolute atomic E-state index is 0.259. The molecule has 7 heteroatoms. The molecule has 2 aliphatic heterocycles. The Bertz CT molecular complexity index is 1040. The summed E-state index contributed by atoms with van der Waals surface area (Å²) >= 11 is 0. The van der Waals surface area contributed by atoms with E-state index in [9.17, 15) is 8.42 Å². The van der Waals surface area contributed by atoms with E-state index in [0.29, 0.717) is 25.2 Å². The van der Waals surface area contributed by atoms with Gasteiger partial charge < -0.3 is 10.2 Å². The molecule has 1 aliphatic carbocycles. The summed E-state index contributed by atoms with van der Waals surface area (Å²) in [5, 5.41) is 3.74. The minimum atomic E-state index is -2.88. The highest BCUT2D eigenvalue weighted by Crippen LogP contribution is 2.33. The monoisotopic (exact) mass is 440 g/mol. The zero-order chi connectivity index (χ0) is 21.4. The molecule has 2 aromatic rings. The van der Waals surface area contributed by atoms with Crippen molar-refractivity contribution in [2.24, 2.45) is 0 Å². The number of aromatic nitrogens is 1. The molecule has 166 valence electrons. The van der Waals surface area contributed by atoms with E-state index in [1.54, 1.807) is 0 Å². The molecule has 1 aromatic heterocycles. The number of hydrogen-bond donors (Lipinski definition) is 1. The van der Waals surface area contributed by atoms with Crippen LogP contribution >= 0.6 is 0 Å². The van der Waals surface area contributed by atoms with Crippen LogP contribution in [0.2, 0.25) is 0 Å². The number of fused-ring (bicyclic) bond motifs is 2. The van der Waals surface area contributed by atoms with Crippen molar-refractivity contribution in [3.05, 3.63) is 58.9 Å². The third kappa shape index (κ3) is 4.36. The fourth-order valence-corrected chi connectivity index (χ4v) is 6.66. The van der Waals surface area contributed by atoms with Crippen molar-refractivity contribution in [1.82, 2.24) is 15.2 Å². The van der Waals surface area contributed by atoms with E-state index < -0.39 is 9.84 Å². The lowest BCUT2D eigenvalue weighted by atomic mass is 9.89. The molecule has 6 nitrogen and oxygen atoms in total. The lowest BCUT2D eigenvalue weighted by Gasteiger charge is -2.38. The van der Waals surface area contributed by atoms with Gasteiger partial charge in [0.25, 0.3) is 0 Å². The Balaban J connectivity index is 1.31. The molecule has 0 amide bonds. The van der Waals surface area contributed by atoms with Crippen molar-refractivity contribution >= 4 is 15.5 Å². The summed E-state index contributed by atoms with van der Waals surface area (Å²) in [5.41, 5.74) is 6.61. The van der Waals surface area contributed by atoms with E-state index in [2.05, 4.69) is 46.4 Å². The van der Waals surface area contributed by atoms with Crippen LogP contribution in [-0.4, -0.2) is 62.5 Å². The number of aryl methyl sites for hydroxylation is 1. The number of pyridine rings is 1. The number of hydrogen-bond acceptors (Lipinski definition) is 6. The van der Waals surface area contributed by atoms with Gasteiger partial charge in [-0.1, -0.05) is 18.2 Å². The molecule has 1 N–H and O–H groups in total. The second kappa shape index (κ2) is 8.52. The fraction of sp³-hybridized carbons (Fsp3) is 0.542. The standard InChI is InChI=1S/C24H32N4O2S/c1-27(23-9-2-5-18-7-4-10-25-24(18)23)17-20-15-21-19(16-26-20)6-3-8-22(21)28-11-13-31(29,30)14-12-28/h3-4,6-8,10,20,23,26H,2,5,9,11-17H2,1H3/t20-,23-/m0/s1. The number of anilines is 1. The Hall–Kier alpha value is -1.96. The number of likely N-dealkylation sites (N-methyl/N-ethyl adjacent to an activating group) is 1. The first-order chi connectivity index (χ1) is 15.0. The molecule has 5 rings (SSSR count). The van der Waals surface area contributed by atoms with Crippen LogP contribution in [0.5, 0.6) is 0 Å². The maximum Gasteiger partial charge on any atom is 0.153 e.